The van der Waals surface area contributed by atoms with E-state index in [4.69, 9.17) is 19.2 Å². The van der Waals surface area contributed by atoms with Gasteiger partial charge in [0.05, 0.1) is 38.7 Å². The van der Waals surface area contributed by atoms with E-state index in [1.165, 1.54) is 12.7 Å². The van der Waals surface area contributed by atoms with Crippen LogP contribution in [0.3, 0.4) is 0 Å². The molecule has 32 heavy (non-hydrogen) atoms. The molecule has 0 N–H and O–H groups in total. The van der Waals surface area contributed by atoms with E-state index in [0.717, 1.165) is 49.1 Å². The van der Waals surface area contributed by atoms with Gasteiger partial charge >= 0.3 is 6.09 Å². The summed E-state index contributed by atoms with van der Waals surface area (Å²) < 4.78 is 16.9. The summed E-state index contributed by atoms with van der Waals surface area (Å²) in [6, 6.07) is 10.7. The highest BCUT2D eigenvalue weighted by Gasteiger charge is 2.39. The zero-order valence-electron chi connectivity index (χ0n) is 19.3. The van der Waals surface area contributed by atoms with Crippen LogP contribution < -0.4 is 4.74 Å². The highest BCUT2D eigenvalue weighted by molar-refractivity contribution is 7.13. The lowest BCUT2D eigenvalue weighted by atomic mass is 9.82. The first-order valence-corrected chi connectivity index (χ1v) is 12.4. The lowest BCUT2D eigenvalue weighted by Gasteiger charge is -2.41. The van der Waals surface area contributed by atoms with Crippen molar-refractivity contribution in [1.82, 2.24) is 9.88 Å². The molecule has 2 aliphatic rings. The number of hydrogen-bond acceptors (Lipinski definition) is 6. The van der Waals surface area contributed by atoms with Crippen LogP contribution in [0.5, 0.6) is 5.19 Å². The second-order valence-corrected chi connectivity index (χ2v) is 9.99. The maximum Gasteiger partial charge on any atom is 0.409 e. The molecule has 1 saturated heterocycles. The van der Waals surface area contributed by atoms with E-state index in [1.54, 1.807) is 18.4 Å². The number of thiazole rings is 1. The molecule has 2 atom stereocenters. The van der Waals surface area contributed by atoms with Gasteiger partial charge in [-0.3, -0.25) is 0 Å². The highest BCUT2D eigenvalue weighted by Crippen LogP contribution is 2.39. The fourth-order valence-corrected chi connectivity index (χ4v) is 6.05. The molecule has 2 heterocycles. The van der Waals surface area contributed by atoms with Crippen molar-refractivity contribution >= 4 is 17.4 Å². The summed E-state index contributed by atoms with van der Waals surface area (Å²) in [7, 11) is 3.10. The van der Waals surface area contributed by atoms with E-state index < -0.39 is 0 Å². The number of carbonyl (C=O) groups is 1. The Morgan fingerprint density at radius 3 is 2.53 bits per heavy atom. The zero-order valence-corrected chi connectivity index (χ0v) is 20.1. The molecular weight excluding hydrogens is 424 g/mol. The Morgan fingerprint density at radius 2 is 1.88 bits per heavy atom. The number of aromatic nitrogens is 1. The molecule has 4 rings (SSSR count). The van der Waals surface area contributed by atoms with Gasteiger partial charge in [0, 0.05) is 17.3 Å². The number of likely N-dealkylation sites (tertiary alicyclic amines) is 1. The number of hydrogen-bond donors (Lipinski definition) is 0. The van der Waals surface area contributed by atoms with E-state index in [0.29, 0.717) is 24.3 Å². The van der Waals surface area contributed by atoms with Crippen molar-refractivity contribution in [2.45, 2.75) is 69.4 Å². The molecule has 174 valence electrons. The number of nitrogens with zero attached hydrogens (tertiary/aromatic N) is 2. The molecule has 1 aliphatic carbocycles. The average Bonchev–Trinajstić information content (AvgIpc) is 3.23. The number of ether oxygens (including phenoxy) is 3. The van der Waals surface area contributed by atoms with E-state index in [1.807, 2.05) is 4.90 Å². The first-order chi connectivity index (χ1) is 15.6. The van der Waals surface area contributed by atoms with Crippen LogP contribution >= 0.6 is 11.3 Å². The van der Waals surface area contributed by atoms with Crippen molar-refractivity contribution in [2.75, 3.05) is 27.4 Å². The standard InChI is InChI=1S/C25H34N2O4S/c1-17-23(26-24(29-2)32-17)21-10-7-15-27(25(28)30-3)22(21)16-31-20-13-11-19(12-14-20)18-8-5-4-6-9-18/h4-6,8-9,19-22H,7,10-16H2,1-3H3/t19-,20+,21-,22-/m0/s1. The second kappa shape index (κ2) is 10.7. The maximum atomic E-state index is 12.6. The summed E-state index contributed by atoms with van der Waals surface area (Å²) in [6.07, 6.45) is 6.27. The van der Waals surface area contributed by atoms with Crippen molar-refractivity contribution < 1.29 is 19.0 Å². The van der Waals surface area contributed by atoms with Crippen LogP contribution in [0.4, 0.5) is 4.79 Å². The minimum absolute atomic E-state index is 0.0754. The molecule has 2 aromatic rings. The molecule has 2 fully saturated rings. The molecule has 7 heteroatoms. The molecule has 0 radical (unpaired) electrons. The molecule has 1 aromatic heterocycles. The van der Waals surface area contributed by atoms with Crippen LogP contribution in [-0.4, -0.2) is 55.5 Å². The summed E-state index contributed by atoms with van der Waals surface area (Å²) in [6.45, 7) is 3.29. The Balaban J connectivity index is 1.43. The van der Waals surface area contributed by atoms with Crippen molar-refractivity contribution in [3.63, 3.8) is 0 Å². The molecular formula is C25H34N2O4S. The summed E-state index contributed by atoms with van der Waals surface area (Å²) in [5, 5.41) is 0.673. The summed E-state index contributed by atoms with van der Waals surface area (Å²) in [5.74, 6) is 0.749. The lowest BCUT2D eigenvalue weighted by molar-refractivity contribution is -0.0242. The lowest BCUT2D eigenvalue weighted by Crippen LogP contribution is -2.50. The Kier molecular flexibility index (Phi) is 7.68. The summed E-state index contributed by atoms with van der Waals surface area (Å²) >= 11 is 1.56. The molecule has 1 aliphatic heterocycles. The van der Waals surface area contributed by atoms with Gasteiger partial charge < -0.3 is 19.1 Å². The van der Waals surface area contributed by atoms with Crippen LogP contribution in [-0.2, 0) is 9.47 Å². The predicted molar refractivity (Wildman–Crippen MR) is 126 cm³/mol. The first kappa shape index (κ1) is 23.1. The van der Waals surface area contributed by atoms with Gasteiger partial charge in [-0.05, 0) is 56.9 Å². The number of piperidine rings is 1. The predicted octanol–water partition coefficient (Wildman–Crippen LogP) is 5.52. The van der Waals surface area contributed by atoms with E-state index in [-0.39, 0.29) is 24.2 Å². The van der Waals surface area contributed by atoms with Gasteiger partial charge in [0.2, 0.25) is 0 Å². The Hall–Kier alpha value is -2.12. The first-order valence-electron chi connectivity index (χ1n) is 11.6. The second-order valence-electron chi connectivity index (χ2n) is 8.82. The van der Waals surface area contributed by atoms with Gasteiger partial charge in [0.25, 0.3) is 5.19 Å². The smallest absolute Gasteiger partial charge is 0.409 e. The SMILES string of the molecule is COC(=O)N1CCC[C@H](c2nc(OC)sc2C)[C@@H]1CO[C@H]1CC[C@@H](c2ccccc2)CC1. The number of carbonyl (C=O) groups excluding carboxylic acids is 1. The molecule has 1 aromatic carbocycles. The van der Waals surface area contributed by atoms with Gasteiger partial charge in [-0.1, -0.05) is 41.7 Å². The monoisotopic (exact) mass is 458 g/mol. The molecule has 1 amide bonds. The van der Waals surface area contributed by atoms with Crippen LogP contribution in [0, 0.1) is 6.92 Å². The number of amides is 1. The van der Waals surface area contributed by atoms with Crippen LogP contribution in [0.1, 0.15) is 66.5 Å². The number of methoxy groups -OCH3 is 2. The number of rotatable bonds is 6. The quantitative estimate of drug-likeness (QED) is 0.571. The normalized spacial score (nSPS) is 26.0. The maximum absolute atomic E-state index is 12.6. The molecule has 6 nitrogen and oxygen atoms in total. The van der Waals surface area contributed by atoms with E-state index in [9.17, 15) is 4.79 Å². The Labute approximate surface area is 194 Å². The molecule has 0 bridgehead atoms. The largest absolute Gasteiger partial charge is 0.473 e. The fraction of sp³-hybridized carbons (Fsp3) is 0.600. The van der Waals surface area contributed by atoms with E-state index in [2.05, 4.69) is 37.3 Å². The third-order valence-electron chi connectivity index (χ3n) is 6.97. The van der Waals surface area contributed by atoms with Crippen molar-refractivity contribution in [2.24, 2.45) is 0 Å². The molecule has 1 saturated carbocycles. The van der Waals surface area contributed by atoms with Crippen LogP contribution in [0.25, 0.3) is 0 Å². The topological polar surface area (TPSA) is 60.9 Å². The van der Waals surface area contributed by atoms with Gasteiger partial charge in [0.1, 0.15) is 0 Å². The van der Waals surface area contributed by atoms with Crippen molar-refractivity contribution in [3.05, 3.63) is 46.5 Å². The Morgan fingerprint density at radius 1 is 1.12 bits per heavy atom. The molecule has 0 spiro atoms. The van der Waals surface area contributed by atoms with Crippen molar-refractivity contribution in [1.29, 1.82) is 0 Å². The number of aryl methyl sites for hydroxylation is 1. The van der Waals surface area contributed by atoms with Gasteiger partial charge in [-0.15, -0.1) is 0 Å². The van der Waals surface area contributed by atoms with Crippen molar-refractivity contribution in [3.8, 4) is 5.19 Å². The number of benzene rings is 1. The average molecular weight is 459 g/mol. The van der Waals surface area contributed by atoms with Crippen LogP contribution in [0.2, 0.25) is 0 Å². The van der Waals surface area contributed by atoms with Gasteiger partial charge in [-0.25, -0.2) is 9.78 Å². The van der Waals surface area contributed by atoms with Gasteiger partial charge in [0.15, 0.2) is 0 Å². The van der Waals surface area contributed by atoms with Crippen LogP contribution in [0.15, 0.2) is 30.3 Å². The molecule has 0 unspecified atom stereocenters. The fourth-order valence-electron chi connectivity index (χ4n) is 5.26. The third-order valence-corrected chi connectivity index (χ3v) is 7.92. The Bertz CT molecular complexity index is 879. The third kappa shape index (κ3) is 5.09. The highest BCUT2D eigenvalue weighted by atomic mass is 32.1. The van der Waals surface area contributed by atoms with E-state index >= 15 is 0 Å². The summed E-state index contributed by atoms with van der Waals surface area (Å²) in [5.41, 5.74) is 2.46. The minimum Gasteiger partial charge on any atom is -0.473 e. The minimum atomic E-state index is -0.282. The van der Waals surface area contributed by atoms with Gasteiger partial charge in [-0.2, -0.15) is 0 Å². The zero-order chi connectivity index (χ0) is 22.5. The summed E-state index contributed by atoms with van der Waals surface area (Å²) in [4.78, 5) is 20.3.